The molecule has 1 aromatic heterocycles. The maximum Gasteiger partial charge on any atom is 0.119 e. The summed E-state index contributed by atoms with van der Waals surface area (Å²) >= 11 is 1.62. The van der Waals surface area contributed by atoms with Gasteiger partial charge in [-0.05, 0) is 48.6 Å². The number of benzene rings is 1. The van der Waals surface area contributed by atoms with E-state index in [2.05, 4.69) is 12.1 Å². The minimum absolute atomic E-state index is 0.698. The summed E-state index contributed by atoms with van der Waals surface area (Å²) in [6.07, 6.45) is 3.24. The number of hydrogen-bond donors (Lipinski definition) is 0. The summed E-state index contributed by atoms with van der Waals surface area (Å²) < 4.78 is 5.24. The van der Waals surface area contributed by atoms with Crippen LogP contribution in [0.25, 0.3) is 0 Å². The second-order valence-electron chi connectivity index (χ2n) is 5.05. The van der Waals surface area contributed by atoms with Gasteiger partial charge in [0.15, 0.2) is 0 Å². The Bertz CT molecular complexity index is 706. The van der Waals surface area contributed by atoms with Crippen LogP contribution in [0, 0.1) is 11.3 Å². The topological polar surface area (TPSA) is 45.9 Å². The third kappa shape index (κ3) is 3.03. The lowest BCUT2D eigenvalue weighted by atomic mass is 10.2. The molecule has 3 rings (SSSR count). The fourth-order valence-electron chi connectivity index (χ4n) is 2.56. The Morgan fingerprint density at radius 2 is 2.24 bits per heavy atom. The largest absolute Gasteiger partial charge is 0.497 e. The summed E-state index contributed by atoms with van der Waals surface area (Å²) in [4.78, 5) is 4.69. The van der Waals surface area contributed by atoms with E-state index in [0.717, 1.165) is 35.8 Å². The molecular formula is C17H16N2OS. The van der Waals surface area contributed by atoms with Gasteiger partial charge in [0.2, 0.25) is 0 Å². The van der Waals surface area contributed by atoms with Gasteiger partial charge in [0, 0.05) is 11.4 Å². The van der Waals surface area contributed by atoms with Gasteiger partial charge in [-0.1, -0.05) is 12.1 Å². The summed E-state index contributed by atoms with van der Waals surface area (Å²) in [7, 11) is 1.67. The fraction of sp³-hybridized carbons (Fsp3) is 0.294. The zero-order valence-corrected chi connectivity index (χ0v) is 12.7. The molecule has 1 heterocycles. The van der Waals surface area contributed by atoms with E-state index in [1.54, 1.807) is 18.9 Å². The van der Waals surface area contributed by atoms with E-state index in [1.807, 2.05) is 24.3 Å². The van der Waals surface area contributed by atoms with Gasteiger partial charge >= 0.3 is 0 Å². The third-order valence-electron chi connectivity index (χ3n) is 3.65. The molecule has 4 heteroatoms. The molecule has 0 N–H and O–H groups in total. The summed E-state index contributed by atoms with van der Waals surface area (Å²) in [5.41, 5.74) is 4.29. The van der Waals surface area contributed by atoms with Crippen molar-refractivity contribution in [1.29, 1.82) is 5.26 Å². The first-order chi connectivity index (χ1) is 10.3. The Morgan fingerprint density at radius 1 is 1.33 bits per heavy atom. The van der Waals surface area contributed by atoms with Crippen LogP contribution in [0.4, 0.5) is 0 Å². The fourth-order valence-corrected chi connectivity index (χ4v) is 3.47. The average Bonchev–Trinajstić information content (AvgIpc) is 2.99. The number of ether oxygens (including phenoxy) is 1. The Kier molecular flexibility index (Phi) is 4.12. The molecule has 0 unspecified atom stereocenters. The molecule has 0 bridgehead atoms. The molecule has 3 nitrogen and oxygen atoms in total. The number of aromatic nitrogens is 1. The van der Waals surface area contributed by atoms with Gasteiger partial charge in [-0.2, -0.15) is 5.26 Å². The predicted molar refractivity (Wildman–Crippen MR) is 83.5 cm³/mol. The lowest BCUT2D eigenvalue weighted by molar-refractivity contribution is 0.414. The molecule has 0 aliphatic heterocycles. The van der Waals surface area contributed by atoms with E-state index < -0.39 is 0 Å². The predicted octanol–water partition coefficient (Wildman–Crippen LogP) is 3.74. The molecule has 2 aromatic rings. The van der Waals surface area contributed by atoms with Crippen molar-refractivity contribution in [3.63, 3.8) is 0 Å². The number of nitrogens with zero attached hydrogens (tertiary/aromatic N) is 2. The normalized spacial score (nSPS) is 12.8. The molecule has 1 aliphatic carbocycles. The van der Waals surface area contributed by atoms with Gasteiger partial charge in [-0.15, -0.1) is 11.8 Å². The zero-order chi connectivity index (χ0) is 14.7. The summed E-state index contributed by atoms with van der Waals surface area (Å²) in [5, 5.41) is 10.2. The van der Waals surface area contributed by atoms with Crippen molar-refractivity contribution in [3.05, 3.63) is 52.7 Å². The standard InChI is InChI=1S/C17H16N2OS/c1-20-15-6-2-4-12(8-15)11-21-17-14(10-18)9-13-5-3-7-16(13)19-17/h2,4,6,8-9H,3,5,7,11H2,1H3. The highest BCUT2D eigenvalue weighted by Gasteiger charge is 2.16. The number of pyridine rings is 1. The van der Waals surface area contributed by atoms with Gasteiger partial charge in [0.1, 0.15) is 16.8 Å². The SMILES string of the molecule is COc1cccc(CSc2nc3c(cc2C#N)CCC3)c1. The second-order valence-corrected chi connectivity index (χ2v) is 6.02. The number of hydrogen-bond acceptors (Lipinski definition) is 4. The van der Waals surface area contributed by atoms with Gasteiger partial charge in [-0.25, -0.2) is 4.98 Å². The molecule has 0 atom stereocenters. The number of methoxy groups -OCH3 is 1. The zero-order valence-electron chi connectivity index (χ0n) is 11.9. The van der Waals surface area contributed by atoms with Crippen LogP contribution in [0.2, 0.25) is 0 Å². The van der Waals surface area contributed by atoms with Crippen molar-refractivity contribution in [3.8, 4) is 11.8 Å². The minimum atomic E-state index is 0.698. The van der Waals surface area contributed by atoms with Crippen molar-refractivity contribution >= 4 is 11.8 Å². The van der Waals surface area contributed by atoms with Crippen LogP contribution >= 0.6 is 11.8 Å². The number of fused-ring (bicyclic) bond motifs is 1. The quantitative estimate of drug-likeness (QED) is 0.806. The van der Waals surface area contributed by atoms with E-state index in [-0.39, 0.29) is 0 Å². The summed E-state index contributed by atoms with van der Waals surface area (Å²) in [6.45, 7) is 0. The Morgan fingerprint density at radius 3 is 3.05 bits per heavy atom. The van der Waals surface area contributed by atoms with Gasteiger partial charge in [-0.3, -0.25) is 0 Å². The minimum Gasteiger partial charge on any atom is -0.497 e. The van der Waals surface area contributed by atoms with Crippen LogP contribution in [0.1, 0.15) is 28.8 Å². The first-order valence-corrected chi connectivity index (χ1v) is 7.97. The first-order valence-electron chi connectivity index (χ1n) is 6.99. The number of thioether (sulfide) groups is 1. The molecule has 1 aromatic carbocycles. The van der Waals surface area contributed by atoms with Crippen LogP contribution in [0.5, 0.6) is 5.75 Å². The molecule has 0 spiro atoms. The van der Waals surface area contributed by atoms with Crippen molar-refractivity contribution in [1.82, 2.24) is 4.98 Å². The van der Waals surface area contributed by atoms with Crippen LogP contribution < -0.4 is 4.74 Å². The molecule has 0 saturated heterocycles. The number of rotatable bonds is 4. The first kappa shape index (κ1) is 14.0. The molecule has 106 valence electrons. The molecule has 0 radical (unpaired) electrons. The lowest BCUT2D eigenvalue weighted by Gasteiger charge is -2.07. The van der Waals surface area contributed by atoms with Crippen LogP contribution in [0.3, 0.4) is 0 Å². The highest BCUT2D eigenvalue weighted by molar-refractivity contribution is 7.98. The Hall–Kier alpha value is -1.99. The maximum atomic E-state index is 9.31. The van der Waals surface area contributed by atoms with Crippen molar-refractivity contribution in [2.75, 3.05) is 7.11 Å². The monoisotopic (exact) mass is 296 g/mol. The summed E-state index contributed by atoms with van der Waals surface area (Å²) in [5.74, 6) is 1.65. The van der Waals surface area contributed by atoms with Crippen LogP contribution in [-0.2, 0) is 18.6 Å². The van der Waals surface area contributed by atoms with Crippen molar-refractivity contribution in [2.24, 2.45) is 0 Å². The number of nitriles is 1. The van der Waals surface area contributed by atoms with Gasteiger partial charge < -0.3 is 4.74 Å². The van der Waals surface area contributed by atoms with E-state index in [4.69, 9.17) is 9.72 Å². The molecule has 21 heavy (non-hydrogen) atoms. The lowest BCUT2D eigenvalue weighted by Crippen LogP contribution is -1.95. The number of aryl methyl sites for hydroxylation is 2. The summed E-state index contributed by atoms with van der Waals surface area (Å²) in [6, 6.07) is 12.3. The van der Waals surface area contributed by atoms with Crippen molar-refractivity contribution < 1.29 is 4.74 Å². The second kappa shape index (κ2) is 6.19. The highest BCUT2D eigenvalue weighted by Crippen LogP contribution is 2.30. The van der Waals surface area contributed by atoms with E-state index in [9.17, 15) is 5.26 Å². The Balaban J connectivity index is 1.80. The molecule has 0 fully saturated rings. The van der Waals surface area contributed by atoms with Crippen LogP contribution in [-0.4, -0.2) is 12.1 Å². The smallest absolute Gasteiger partial charge is 0.119 e. The van der Waals surface area contributed by atoms with E-state index in [1.165, 1.54) is 16.8 Å². The highest BCUT2D eigenvalue weighted by atomic mass is 32.2. The molecule has 1 aliphatic rings. The van der Waals surface area contributed by atoms with Crippen LogP contribution in [0.15, 0.2) is 35.4 Å². The van der Waals surface area contributed by atoms with E-state index in [0.29, 0.717) is 5.56 Å². The van der Waals surface area contributed by atoms with Crippen molar-refractivity contribution in [2.45, 2.75) is 30.0 Å². The average molecular weight is 296 g/mol. The van der Waals surface area contributed by atoms with Gasteiger partial charge in [0.25, 0.3) is 0 Å². The molecule has 0 amide bonds. The maximum absolute atomic E-state index is 9.31. The Labute approximate surface area is 129 Å². The molecular weight excluding hydrogens is 280 g/mol. The molecule has 0 saturated carbocycles. The van der Waals surface area contributed by atoms with E-state index >= 15 is 0 Å². The van der Waals surface area contributed by atoms with Gasteiger partial charge in [0.05, 0.1) is 12.7 Å². The third-order valence-corrected chi connectivity index (χ3v) is 4.71.